The van der Waals surface area contributed by atoms with E-state index >= 15 is 0 Å². The summed E-state index contributed by atoms with van der Waals surface area (Å²) < 4.78 is 10.9. The molecule has 0 unspecified atom stereocenters. The summed E-state index contributed by atoms with van der Waals surface area (Å²) in [6, 6.07) is 8.50. The monoisotopic (exact) mass is 229 g/mol. The normalized spacial score (nSPS) is 13.9. The predicted octanol–water partition coefficient (Wildman–Crippen LogP) is 2.70. The highest BCUT2D eigenvalue weighted by molar-refractivity contribution is 5.67. The molecule has 0 bridgehead atoms. The van der Waals surface area contributed by atoms with Crippen molar-refractivity contribution in [1.29, 1.82) is 0 Å². The zero-order chi connectivity index (χ0) is 11.7. The maximum atomic E-state index is 5.49. The van der Waals surface area contributed by atoms with E-state index in [1.807, 2.05) is 13.1 Å². The molecule has 0 fully saturated rings. The molecule has 0 aliphatic carbocycles. The van der Waals surface area contributed by atoms with E-state index in [1.165, 1.54) is 16.7 Å². The number of fused-ring (bicyclic) bond motifs is 1. The molecular formula is C14H15NO2. The summed E-state index contributed by atoms with van der Waals surface area (Å²) in [4.78, 5) is 0. The van der Waals surface area contributed by atoms with Crippen LogP contribution in [0.1, 0.15) is 16.9 Å². The molecule has 3 rings (SSSR count). The molecule has 0 spiro atoms. The SMILES string of the molecule is CNCc1occc1-c1ccc2c(c1)COC2. The first-order valence-electron chi connectivity index (χ1n) is 5.79. The summed E-state index contributed by atoms with van der Waals surface area (Å²) in [5.74, 6) is 0.978. The number of benzene rings is 1. The molecule has 0 saturated carbocycles. The van der Waals surface area contributed by atoms with Crippen molar-refractivity contribution in [1.82, 2.24) is 5.32 Å². The first-order valence-corrected chi connectivity index (χ1v) is 5.79. The van der Waals surface area contributed by atoms with Gasteiger partial charge >= 0.3 is 0 Å². The highest BCUT2D eigenvalue weighted by atomic mass is 16.5. The average Bonchev–Trinajstić information content (AvgIpc) is 2.96. The maximum Gasteiger partial charge on any atom is 0.125 e. The number of hydrogen-bond donors (Lipinski definition) is 1. The molecule has 0 amide bonds. The molecule has 0 atom stereocenters. The standard InChI is InChI=1S/C14H15NO2/c1-15-7-14-13(4-5-17-14)10-2-3-11-8-16-9-12(11)6-10/h2-6,15H,7-9H2,1H3. The lowest BCUT2D eigenvalue weighted by Gasteiger charge is -2.04. The fourth-order valence-corrected chi connectivity index (χ4v) is 2.23. The molecular weight excluding hydrogens is 214 g/mol. The summed E-state index contributed by atoms with van der Waals surface area (Å²) in [7, 11) is 1.92. The van der Waals surface area contributed by atoms with Gasteiger partial charge in [-0.05, 0) is 35.9 Å². The number of furan rings is 1. The minimum absolute atomic E-state index is 0.725. The van der Waals surface area contributed by atoms with Crippen LogP contribution in [0.5, 0.6) is 0 Å². The van der Waals surface area contributed by atoms with Crippen LogP contribution in [0.4, 0.5) is 0 Å². The van der Waals surface area contributed by atoms with Crippen molar-refractivity contribution in [2.45, 2.75) is 19.8 Å². The van der Waals surface area contributed by atoms with E-state index in [-0.39, 0.29) is 0 Å². The van der Waals surface area contributed by atoms with Gasteiger partial charge in [0.25, 0.3) is 0 Å². The van der Waals surface area contributed by atoms with Gasteiger partial charge in [0.15, 0.2) is 0 Å². The highest BCUT2D eigenvalue weighted by Gasteiger charge is 2.14. The molecule has 1 aromatic carbocycles. The molecule has 88 valence electrons. The van der Waals surface area contributed by atoms with Crippen molar-refractivity contribution in [3.8, 4) is 11.1 Å². The van der Waals surface area contributed by atoms with Gasteiger partial charge in [0, 0.05) is 5.56 Å². The Bertz CT molecular complexity index is 531. The Balaban J connectivity index is 2.00. The van der Waals surface area contributed by atoms with E-state index in [1.54, 1.807) is 6.26 Å². The van der Waals surface area contributed by atoms with Gasteiger partial charge in [-0.25, -0.2) is 0 Å². The second kappa shape index (κ2) is 4.35. The fourth-order valence-electron chi connectivity index (χ4n) is 2.23. The van der Waals surface area contributed by atoms with Gasteiger partial charge < -0.3 is 14.5 Å². The maximum absolute atomic E-state index is 5.49. The zero-order valence-electron chi connectivity index (χ0n) is 9.82. The van der Waals surface area contributed by atoms with Gasteiger partial charge in [-0.3, -0.25) is 0 Å². The minimum Gasteiger partial charge on any atom is -0.467 e. The van der Waals surface area contributed by atoms with E-state index in [0.717, 1.165) is 31.1 Å². The summed E-state index contributed by atoms with van der Waals surface area (Å²) >= 11 is 0. The van der Waals surface area contributed by atoms with Crippen LogP contribution in [0.2, 0.25) is 0 Å². The molecule has 0 saturated heterocycles. The van der Waals surface area contributed by atoms with Crippen molar-refractivity contribution >= 4 is 0 Å². The second-order valence-electron chi connectivity index (χ2n) is 4.26. The van der Waals surface area contributed by atoms with Crippen LogP contribution in [0, 0.1) is 0 Å². The highest BCUT2D eigenvalue weighted by Crippen LogP contribution is 2.29. The van der Waals surface area contributed by atoms with Gasteiger partial charge in [-0.2, -0.15) is 0 Å². The Morgan fingerprint density at radius 1 is 1.18 bits per heavy atom. The molecule has 3 nitrogen and oxygen atoms in total. The van der Waals surface area contributed by atoms with Crippen molar-refractivity contribution in [3.63, 3.8) is 0 Å². The fraction of sp³-hybridized carbons (Fsp3) is 0.286. The first kappa shape index (κ1) is 10.6. The topological polar surface area (TPSA) is 34.4 Å². The summed E-state index contributed by atoms with van der Waals surface area (Å²) in [6.45, 7) is 2.21. The molecule has 2 heterocycles. The van der Waals surface area contributed by atoms with Crippen molar-refractivity contribution in [3.05, 3.63) is 47.4 Å². The smallest absolute Gasteiger partial charge is 0.125 e. The van der Waals surface area contributed by atoms with Gasteiger partial charge in [0.1, 0.15) is 5.76 Å². The molecule has 1 N–H and O–H groups in total. The van der Waals surface area contributed by atoms with E-state index in [4.69, 9.17) is 9.15 Å². The molecule has 2 aromatic rings. The number of ether oxygens (including phenoxy) is 1. The Morgan fingerprint density at radius 3 is 2.94 bits per heavy atom. The molecule has 1 aromatic heterocycles. The third-order valence-corrected chi connectivity index (χ3v) is 3.12. The Labute approximate surface area is 100 Å². The Morgan fingerprint density at radius 2 is 2.06 bits per heavy atom. The second-order valence-corrected chi connectivity index (χ2v) is 4.26. The predicted molar refractivity (Wildman–Crippen MR) is 65.4 cm³/mol. The van der Waals surface area contributed by atoms with Crippen LogP contribution in [0.15, 0.2) is 34.9 Å². The molecule has 1 aliphatic rings. The number of hydrogen-bond acceptors (Lipinski definition) is 3. The number of rotatable bonds is 3. The Hall–Kier alpha value is -1.58. The average molecular weight is 229 g/mol. The third kappa shape index (κ3) is 1.88. The summed E-state index contributed by atoms with van der Waals surface area (Å²) in [5.41, 5.74) is 4.95. The zero-order valence-corrected chi connectivity index (χ0v) is 9.82. The van der Waals surface area contributed by atoms with E-state index in [0.29, 0.717) is 0 Å². The molecule has 1 aliphatic heterocycles. The number of nitrogens with one attached hydrogen (secondary N) is 1. The first-order chi connectivity index (χ1) is 8.38. The van der Waals surface area contributed by atoms with Crippen molar-refractivity contribution in [2.75, 3.05) is 7.05 Å². The summed E-state index contributed by atoms with van der Waals surface area (Å²) in [6.07, 6.45) is 1.74. The van der Waals surface area contributed by atoms with Crippen LogP contribution in [0.3, 0.4) is 0 Å². The van der Waals surface area contributed by atoms with E-state index in [2.05, 4.69) is 23.5 Å². The third-order valence-electron chi connectivity index (χ3n) is 3.12. The van der Waals surface area contributed by atoms with Crippen LogP contribution in [-0.4, -0.2) is 7.05 Å². The lowest BCUT2D eigenvalue weighted by atomic mass is 10.0. The quantitative estimate of drug-likeness (QED) is 0.878. The van der Waals surface area contributed by atoms with Gasteiger partial charge in [0.2, 0.25) is 0 Å². The minimum atomic E-state index is 0.725. The van der Waals surface area contributed by atoms with Gasteiger partial charge in [0.05, 0.1) is 26.0 Å². The summed E-state index contributed by atoms with van der Waals surface area (Å²) in [5, 5.41) is 3.11. The van der Waals surface area contributed by atoms with Crippen LogP contribution in [-0.2, 0) is 24.5 Å². The van der Waals surface area contributed by atoms with Crippen molar-refractivity contribution < 1.29 is 9.15 Å². The molecule has 0 radical (unpaired) electrons. The van der Waals surface area contributed by atoms with Crippen molar-refractivity contribution in [2.24, 2.45) is 0 Å². The lowest BCUT2D eigenvalue weighted by Crippen LogP contribution is -2.04. The van der Waals surface area contributed by atoms with Gasteiger partial charge in [-0.1, -0.05) is 12.1 Å². The largest absolute Gasteiger partial charge is 0.467 e. The van der Waals surface area contributed by atoms with E-state index < -0.39 is 0 Å². The van der Waals surface area contributed by atoms with E-state index in [9.17, 15) is 0 Å². The molecule has 17 heavy (non-hydrogen) atoms. The Kier molecular flexibility index (Phi) is 2.71. The van der Waals surface area contributed by atoms with Crippen LogP contribution >= 0.6 is 0 Å². The molecule has 3 heteroatoms. The van der Waals surface area contributed by atoms with Crippen LogP contribution in [0.25, 0.3) is 11.1 Å². The lowest BCUT2D eigenvalue weighted by molar-refractivity contribution is 0.134. The van der Waals surface area contributed by atoms with Gasteiger partial charge in [-0.15, -0.1) is 0 Å². The van der Waals surface area contributed by atoms with Crippen LogP contribution < -0.4 is 5.32 Å².